The number of hydrogen-bond acceptors (Lipinski definition) is 4. The summed E-state index contributed by atoms with van der Waals surface area (Å²) >= 11 is 0. The Morgan fingerprint density at radius 3 is 2.62 bits per heavy atom. The monoisotopic (exact) mass is 220 g/mol. The van der Waals surface area contributed by atoms with Crippen molar-refractivity contribution in [1.29, 1.82) is 0 Å². The van der Waals surface area contributed by atoms with Gasteiger partial charge in [-0.2, -0.15) is 0 Å². The van der Waals surface area contributed by atoms with Crippen LogP contribution in [0.5, 0.6) is 0 Å². The van der Waals surface area contributed by atoms with Crippen molar-refractivity contribution in [3.05, 3.63) is 23.9 Å². The number of nitrogens with one attached hydrogen (secondary N) is 1. The maximum Gasteiger partial charge on any atom is 0.266 e. The van der Waals surface area contributed by atoms with Crippen molar-refractivity contribution in [3.63, 3.8) is 0 Å². The van der Waals surface area contributed by atoms with Crippen molar-refractivity contribution in [3.8, 4) is 0 Å². The highest BCUT2D eigenvalue weighted by molar-refractivity contribution is 5.93. The molecule has 0 radical (unpaired) electrons. The first-order chi connectivity index (χ1) is 7.81. The fourth-order valence-electron chi connectivity index (χ4n) is 1.91. The smallest absolute Gasteiger partial charge is 0.266 e. The van der Waals surface area contributed by atoms with Crippen LogP contribution in [0, 0.1) is 0 Å². The van der Waals surface area contributed by atoms with Gasteiger partial charge in [-0.05, 0) is 31.4 Å². The Bertz CT molecular complexity index is 357. The number of aromatic nitrogens is 1. The molecule has 2 heterocycles. The molecule has 5 nitrogen and oxygen atoms in total. The summed E-state index contributed by atoms with van der Waals surface area (Å²) in [5.74, 6) is 5.68. The van der Waals surface area contributed by atoms with E-state index < -0.39 is 0 Å². The Kier molecular flexibility index (Phi) is 3.36. The number of hydrogen-bond donors (Lipinski definition) is 2. The van der Waals surface area contributed by atoms with Gasteiger partial charge in [0.15, 0.2) is 0 Å². The Morgan fingerprint density at radius 2 is 2.06 bits per heavy atom. The Hall–Kier alpha value is -1.62. The highest BCUT2D eigenvalue weighted by Gasteiger charge is 2.12. The lowest BCUT2D eigenvalue weighted by Gasteiger charge is -2.27. The third-order valence-electron chi connectivity index (χ3n) is 2.82. The van der Waals surface area contributed by atoms with E-state index in [0.29, 0.717) is 5.56 Å². The number of amides is 1. The molecule has 5 heteroatoms. The van der Waals surface area contributed by atoms with Crippen molar-refractivity contribution in [2.45, 2.75) is 19.3 Å². The van der Waals surface area contributed by atoms with Gasteiger partial charge < -0.3 is 4.90 Å². The number of pyridine rings is 1. The number of nitrogen functional groups attached to an aromatic ring is 1. The molecule has 86 valence electrons. The Balaban J connectivity index is 2.09. The molecule has 1 fully saturated rings. The molecule has 3 N–H and O–H groups in total. The zero-order valence-electron chi connectivity index (χ0n) is 9.15. The van der Waals surface area contributed by atoms with Crippen LogP contribution in [0.25, 0.3) is 0 Å². The van der Waals surface area contributed by atoms with E-state index >= 15 is 0 Å². The highest BCUT2D eigenvalue weighted by Crippen LogP contribution is 2.17. The van der Waals surface area contributed by atoms with Crippen LogP contribution >= 0.6 is 0 Å². The van der Waals surface area contributed by atoms with Gasteiger partial charge in [-0.15, -0.1) is 0 Å². The van der Waals surface area contributed by atoms with Crippen LogP contribution in [0.1, 0.15) is 29.6 Å². The number of carbonyl (C=O) groups excluding carboxylic acids is 1. The van der Waals surface area contributed by atoms with Crippen molar-refractivity contribution in [2.75, 3.05) is 18.0 Å². The van der Waals surface area contributed by atoms with Crippen molar-refractivity contribution >= 4 is 11.7 Å². The fraction of sp³-hybridized carbons (Fsp3) is 0.455. The predicted molar refractivity (Wildman–Crippen MR) is 62.0 cm³/mol. The van der Waals surface area contributed by atoms with Crippen molar-refractivity contribution in [2.24, 2.45) is 5.84 Å². The molecule has 0 spiro atoms. The minimum atomic E-state index is -0.308. The van der Waals surface area contributed by atoms with Gasteiger partial charge in [-0.3, -0.25) is 10.2 Å². The van der Waals surface area contributed by atoms with Gasteiger partial charge in [0, 0.05) is 19.3 Å². The maximum atomic E-state index is 11.2. The lowest BCUT2D eigenvalue weighted by atomic mass is 10.1. The van der Waals surface area contributed by atoms with Gasteiger partial charge in [-0.1, -0.05) is 0 Å². The van der Waals surface area contributed by atoms with E-state index in [2.05, 4.69) is 15.3 Å². The average molecular weight is 220 g/mol. The third-order valence-corrected chi connectivity index (χ3v) is 2.82. The molecule has 1 aliphatic rings. The number of rotatable bonds is 2. The molecule has 0 bridgehead atoms. The standard InChI is InChI=1S/C11H16N4O/c12-14-11(16)9-4-5-10(13-8-9)15-6-2-1-3-7-15/h4-5,8H,1-3,6-7,12H2,(H,14,16). The second-order valence-electron chi connectivity index (χ2n) is 3.93. The molecule has 0 saturated carbocycles. The van der Waals surface area contributed by atoms with Gasteiger partial charge in [0.1, 0.15) is 5.82 Å². The molecule has 1 amide bonds. The van der Waals surface area contributed by atoms with E-state index in [1.165, 1.54) is 19.3 Å². The summed E-state index contributed by atoms with van der Waals surface area (Å²) in [5.41, 5.74) is 2.58. The molecule has 1 saturated heterocycles. The van der Waals surface area contributed by atoms with Gasteiger partial charge >= 0.3 is 0 Å². The number of hydrazine groups is 1. The van der Waals surface area contributed by atoms with E-state index in [-0.39, 0.29) is 5.91 Å². The second-order valence-corrected chi connectivity index (χ2v) is 3.93. The van der Waals surface area contributed by atoms with Crippen molar-refractivity contribution < 1.29 is 4.79 Å². The Labute approximate surface area is 94.6 Å². The van der Waals surface area contributed by atoms with E-state index in [1.807, 2.05) is 6.07 Å². The zero-order valence-corrected chi connectivity index (χ0v) is 9.15. The normalized spacial score (nSPS) is 15.9. The number of piperidine rings is 1. The van der Waals surface area contributed by atoms with Gasteiger partial charge in [0.2, 0.25) is 0 Å². The van der Waals surface area contributed by atoms with Gasteiger partial charge in [0.05, 0.1) is 5.56 Å². The average Bonchev–Trinajstić information content (AvgIpc) is 2.39. The molecule has 2 rings (SSSR count). The first-order valence-electron chi connectivity index (χ1n) is 5.53. The largest absolute Gasteiger partial charge is 0.357 e. The molecule has 1 aliphatic heterocycles. The molecule has 0 unspecified atom stereocenters. The van der Waals surface area contributed by atoms with Crippen LogP contribution in [0.15, 0.2) is 18.3 Å². The lowest BCUT2D eigenvalue weighted by molar-refractivity contribution is 0.0953. The summed E-state index contributed by atoms with van der Waals surface area (Å²) in [6.45, 7) is 2.10. The maximum absolute atomic E-state index is 11.2. The number of nitrogens with two attached hydrogens (primary N) is 1. The number of carbonyl (C=O) groups is 1. The summed E-state index contributed by atoms with van der Waals surface area (Å²) in [6.07, 6.45) is 5.29. The minimum absolute atomic E-state index is 0.308. The van der Waals surface area contributed by atoms with E-state index in [4.69, 9.17) is 5.84 Å². The zero-order chi connectivity index (χ0) is 11.4. The van der Waals surface area contributed by atoms with Crippen LogP contribution in [-0.4, -0.2) is 24.0 Å². The van der Waals surface area contributed by atoms with Crippen molar-refractivity contribution in [1.82, 2.24) is 10.4 Å². The van der Waals surface area contributed by atoms with Gasteiger partial charge in [-0.25, -0.2) is 10.8 Å². The molecule has 1 aromatic heterocycles. The molecular formula is C11H16N4O. The second kappa shape index (κ2) is 4.94. The fourth-order valence-corrected chi connectivity index (χ4v) is 1.91. The molecule has 0 aliphatic carbocycles. The van der Waals surface area contributed by atoms with E-state index in [0.717, 1.165) is 18.9 Å². The summed E-state index contributed by atoms with van der Waals surface area (Å²) < 4.78 is 0. The van der Waals surface area contributed by atoms with E-state index in [1.54, 1.807) is 12.3 Å². The summed E-state index contributed by atoms with van der Waals surface area (Å²) in [7, 11) is 0. The minimum Gasteiger partial charge on any atom is -0.357 e. The van der Waals surface area contributed by atoms with Crippen LogP contribution in [0.4, 0.5) is 5.82 Å². The summed E-state index contributed by atoms with van der Waals surface area (Å²) in [4.78, 5) is 17.7. The highest BCUT2D eigenvalue weighted by atomic mass is 16.2. The van der Waals surface area contributed by atoms with Crippen LogP contribution in [0.2, 0.25) is 0 Å². The quantitative estimate of drug-likeness (QED) is 0.436. The van der Waals surface area contributed by atoms with Crippen LogP contribution in [0.3, 0.4) is 0 Å². The summed E-state index contributed by atoms with van der Waals surface area (Å²) in [5, 5.41) is 0. The molecule has 1 aromatic rings. The molecule has 0 aromatic carbocycles. The topological polar surface area (TPSA) is 71.2 Å². The lowest BCUT2D eigenvalue weighted by Crippen LogP contribution is -2.31. The SMILES string of the molecule is NNC(=O)c1ccc(N2CCCCC2)nc1. The van der Waals surface area contributed by atoms with Crippen LogP contribution < -0.4 is 16.2 Å². The van der Waals surface area contributed by atoms with Gasteiger partial charge in [0.25, 0.3) is 5.91 Å². The predicted octanol–water partition coefficient (Wildman–Crippen LogP) is 0.675. The Morgan fingerprint density at radius 1 is 1.31 bits per heavy atom. The first-order valence-corrected chi connectivity index (χ1v) is 5.53. The number of anilines is 1. The van der Waals surface area contributed by atoms with Crippen LogP contribution in [-0.2, 0) is 0 Å². The first kappa shape index (κ1) is 10.9. The molecule has 16 heavy (non-hydrogen) atoms. The third kappa shape index (κ3) is 2.30. The summed E-state index contributed by atoms with van der Waals surface area (Å²) in [6, 6.07) is 3.62. The molecular weight excluding hydrogens is 204 g/mol. The van der Waals surface area contributed by atoms with E-state index in [9.17, 15) is 4.79 Å². The number of nitrogens with zero attached hydrogens (tertiary/aromatic N) is 2. The molecule has 0 atom stereocenters.